The van der Waals surface area contributed by atoms with Crippen LogP contribution in [-0.4, -0.2) is 44.3 Å². The predicted molar refractivity (Wildman–Crippen MR) is 123 cm³/mol. The van der Waals surface area contributed by atoms with Crippen LogP contribution < -0.4 is 0 Å². The molecule has 11 atom stereocenters. The summed E-state index contributed by atoms with van der Waals surface area (Å²) in [5.41, 5.74) is -0.233. The maximum Gasteiger partial charge on any atom is 0.0833 e. The molecule has 0 heterocycles. The van der Waals surface area contributed by atoms with Crippen LogP contribution in [0.1, 0.15) is 98.8 Å². The predicted octanol–water partition coefficient (Wildman–Crippen LogP) is 4.53. The van der Waals surface area contributed by atoms with Crippen molar-refractivity contribution in [2.45, 2.75) is 123 Å². The zero-order valence-corrected chi connectivity index (χ0v) is 20.6. The molecule has 4 fully saturated rings. The van der Waals surface area contributed by atoms with E-state index in [4.69, 9.17) is 0 Å². The lowest BCUT2D eigenvalue weighted by Gasteiger charge is -2.63. The van der Waals surface area contributed by atoms with Gasteiger partial charge in [0.2, 0.25) is 0 Å². The standard InChI is InChI=1S/C27H48O4/c1-16(7-6-12-25(2,3)31)17-8-9-18-23-19(10-13-26(17,18)4)27(5)14-11-21(28)24(30)20(27)15-22(23)29/h16-24,28-31H,6-15H2,1-5H3/t16?,17-,18+,19+,20?,21+,22?,23+,24-,26-,27-/m1/s1. The molecule has 0 bridgehead atoms. The van der Waals surface area contributed by atoms with Crippen LogP contribution in [0.3, 0.4) is 0 Å². The molecule has 180 valence electrons. The van der Waals surface area contributed by atoms with Gasteiger partial charge in [-0.05, 0) is 112 Å². The van der Waals surface area contributed by atoms with E-state index in [9.17, 15) is 20.4 Å². The van der Waals surface area contributed by atoms with Crippen molar-refractivity contribution >= 4 is 0 Å². The average molecular weight is 437 g/mol. The monoisotopic (exact) mass is 436 g/mol. The molecule has 4 saturated carbocycles. The molecule has 0 amide bonds. The van der Waals surface area contributed by atoms with E-state index in [-0.39, 0.29) is 17.4 Å². The summed E-state index contributed by atoms with van der Waals surface area (Å²) in [5.74, 6) is 2.77. The molecule has 0 aromatic heterocycles. The van der Waals surface area contributed by atoms with E-state index in [0.717, 1.165) is 25.7 Å². The van der Waals surface area contributed by atoms with Gasteiger partial charge in [0.05, 0.1) is 23.9 Å². The molecule has 4 aliphatic carbocycles. The molecule has 0 spiro atoms. The van der Waals surface area contributed by atoms with Crippen LogP contribution in [0.2, 0.25) is 0 Å². The number of aliphatic hydroxyl groups is 4. The molecule has 31 heavy (non-hydrogen) atoms. The summed E-state index contributed by atoms with van der Waals surface area (Å²) in [6.45, 7) is 11.1. The van der Waals surface area contributed by atoms with Crippen molar-refractivity contribution < 1.29 is 20.4 Å². The largest absolute Gasteiger partial charge is 0.393 e. The molecular formula is C27H48O4. The van der Waals surface area contributed by atoms with Crippen LogP contribution in [0.4, 0.5) is 0 Å². The number of hydrogen-bond acceptors (Lipinski definition) is 4. The van der Waals surface area contributed by atoms with Crippen molar-refractivity contribution in [3.63, 3.8) is 0 Å². The van der Waals surface area contributed by atoms with Gasteiger partial charge in [-0.3, -0.25) is 0 Å². The molecule has 0 saturated heterocycles. The maximum atomic E-state index is 11.4. The Kier molecular flexibility index (Phi) is 6.38. The van der Waals surface area contributed by atoms with Gasteiger partial charge in [-0.25, -0.2) is 0 Å². The lowest BCUT2D eigenvalue weighted by atomic mass is 9.43. The summed E-state index contributed by atoms with van der Waals surface area (Å²) in [5, 5.41) is 42.5. The Labute approximate surface area is 189 Å². The molecule has 0 aromatic carbocycles. The molecule has 4 N–H and O–H groups in total. The summed E-state index contributed by atoms with van der Waals surface area (Å²) in [7, 11) is 0. The second-order valence-corrected chi connectivity index (χ2v) is 13.2. The van der Waals surface area contributed by atoms with Crippen molar-refractivity contribution in [3.8, 4) is 0 Å². The number of aliphatic hydroxyl groups excluding tert-OH is 3. The Morgan fingerprint density at radius 3 is 2.19 bits per heavy atom. The van der Waals surface area contributed by atoms with Crippen molar-refractivity contribution in [2.24, 2.45) is 46.3 Å². The van der Waals surface area contributed by atoms with Crippen LogP contribution in [0.5, 0.6) is 0 Å². The Bertz CT molecular complexity index is 644. The lowest BCUT2D eigenvalue weighted by molar-refractivity contribution is -0.206. The van der Waals surface area contributed by atoms with Crippen LogP contribution in [0, 0.1) is 46.3 Å². The Hall–Kier alpha value is -0.160. The van der Waals surface area contributed by atoms with E-state index in [0.29, 0.717) is 47.8 Å². The van der Waals surface area contributed by atoms with Crippen LogP contribution in [-0.2, 0) is 0 Å². The Balaban J connectivity index is 1.51. The van der Waals surface area contributed by atoms with Crippen molar-refractivity contribution in [2.75, 3.05) is 0 Å². The molecule has 4 rings (SSSR count). The zero-order valence-electron chi connectivity index (χ0n) is 20.6. The van der Waals surface area contributed by atoms with Gasteiger partial charge in [0.1, 0.15) is 0 Å². The third kappa shape index (κ3) is 4.02. The highest BCUT2D eigenvalue weighted by Gasteiger charge is 2.64. The molecule has 4 heteroatoms. The third-order valence-electron chi connectivity index (χ3n) is 11.0. The van der Waals surface area contributed by atoms with Crippen molar-refractivity contribution in [1.82, 2.24) is 0 Å². The highest BCUT2D eigenvalue weighted by molar-refractivity contribution is 5.13. The van der Waals surface area contributed by atoms with E-state index in [1.165, 1.54) is 25.7 Å². The quantitative estimate of drug-likeness (QED) is 0.511. The van der Waals surface area contributed by atoms with Gasteiger partial charge in [-0.1, -0.05) is 33.6 Å². The first-order valence-corrected chi connectivity index (χ1v) is 13.1. The van der Waals surface area contributed by atoms with Crippen LogP contribution in [0.25, 0.3) is 0 Å². The van der Waals surface area contributed by atoms with Gasteiger partial charge in [0.25, 0.3) is 0 Å². The highest BCUT2D eigenvalue weighted by atomic mass is 16.3. The van der Waals surface area contributed by atoms with Gasteiger partial charge < -0.3 is 20.4 Å². The molecule has 0 aromatic rings. The summed E-state index contributed by atoms with van der Waals surface area (Å²) in [4.78, 5) is 0. The normalized spacial score (nSPS) is 51.0. The topological polar surface area (TPSA) is 80.9 Å². The molecule has 0 radical (unpaired) electrons. The second-order valence-electron chi connectivity index (χ2n) is 13.2. The van der Waals surface area contributed by atoms with E-state index in [1.807, 2.05) is 13.8 Å². The fraction of sp³-hybridized carbons (Fsp3) is 1.00. The van der Waals surface area contributed by atoms with E-state index >= 15 is 0 Å². The van der Waals surface area contributed by atoms with E-state index in [1.54, 1.807) is 0 Å². The first-order valence-electron chi connectivity index (χ1n) is 13.1. The van der Waals surface area contributed by atoms with Gasteiger partial charge >= 0.3 is 0 Å². The van der Waals surface area contributed by atoms with Gasteiger partial charge in [0, 0.05) is 0 Å². The van der Waals surface area contributed by atoms with Gasteiger partial charge in [-0.15, -0.1) is 0 Å². The summed E-state index contributed by atoms with van der Waals surface area (Å²) >= 11 is 0. The summed E-state index contributed by atoms with van der Waals surface area (Å²) in [6, 6.07) is 0. The SMILES string of the molecule is CC(CCCC(C)(C)O)[C@H]1CC[C@H]2[C@@H]3C(O)CC4[C@@H](O)[C@@H](O)CC[C@]4(C)[C@H]3CC[C@]12C. The minimum absolute atomic E-state index is 0.0230. The smallest absolute Gasteiger partial charge is 0.0833 e. The average Bonchev–Trinajstić information content (AvgIpc) is 3.03. The van der Waals surface area contributed by atoms with E-state index < -0.39 is 17.8 Å². The van der Waals surface area contributed by atoms with Crippen LogP contribution in [0.15, 0.2) is 0 Å². The van der Waals surface area contributed by atoms with Crippen molar-refractivity contribution in [1.29, 1.82) is 0 Å². The zero-order chi connectivity index (χ0) is 22.8. The molecule has 0 aliphatic heterocycles. The molecular weight excluding hydrogens is 388 g/mol. The van der Waals surface area contributed by atoms with E-state index in [2.05, 4.69) is 20.8 Å². The molecule has 4 nitrogen and oxygen atoms in total. The fourth-order valence-corrected chi connectivity index (χ4v) is 9.29. The number of fused-ring (bicyclic) bond motifs is 5. The third-order valence-corrected chi connectivity index (χ3v) is 11.0. The maximum absolute atomic E-state index is 11.4. The summed E-state index contributed by atoms with van der Waals surface area (Å²) in [6.07, 6.45) is 8.64. The van der Waals surface area contributed by atoms with Gasteiger partial charge in [0.15, 0.2) is 0 Å². The Morgan fingerprint density at radius 2 is 1.52 bits per heavy atom. The first-order chi connectivity index (χ1) is 14.4. The summed E-state index contributed by atoms with van der Waals surface area (Å²) < 4.78 is 0. The first kappa shape index (κ1) is 24.0. The lowest BCUT2D eigenvalue weighted by Crippen LogP contribution is -2.62. The number of hydrogen-bond donors (Lipinski definition) is 4. The minimum atomic E-state index is -0.685. The fourth-order valence-electron chi connectivity index (χ4n) is 9.29. The minimum Gasteiger partial charge on any atom is -0.393 e. The van der Waals surface area contributed by atoms with Gasteiger partial charge in [-0.2, -0.15) is 0 Å². The Morgan fingerprint density at radius 1 is 0.871 bits per heavy atom. The highest BCUT2D eigenvalue weighted by Crippen LogP contribution is 2.68. The molecule has 3 unspecified atom stereocenters. The second kappa shape index (κ2) is 8.25. The van der Waals surface area contributed by atoms with Crippen molar-refractivity contribution in [3.05, 3.63) is 0 Å². The number of rotatable bonds is 5. The van der Waals surface area contributed by atoms with Crippen LogP contribution >= 0.6 is 0 Å². The molecule has 4 aliphatic rings.